The van der Waals surface area contributed by atoms with Crippen molar-refractivity contribution in [2.75, 3.05) is 7.11 Å². The fourth-order valence-corrected chi connectivity index (χ4v) is 1.40. The Kier molecular flexibility index (Phi) is 5.57. The molecular formula is C12H13FN2O5. The third-order valence-corrected chi connectivity index (χ3v) is 2.44. The van der Waals surface area contributed by atoms with E-state index < -0.39 is 29.7 Å². The van der Waals surface area contributed by atoms with E-state index >= 15 is 0 Å². The molecule has 0 aliphatic carbocycles. The van der Waals surface area contributed by atoms with E-state index in [9.17, 15) is 18.8 Å². The zero-order valence-corrected chi connectivity index (χ0v) is 10.6. The van der Waals surface area contributed by atoms with Gasteiger partial charge in [0.2, 0.25) is 0 Å². The third-order valence-electron chi connectivity index (χ3n) is 2.44. The maximum Gasteiger partial charge on any atom is 0.326 e. The number of rotatable bonds is 6. The first-order chi connectivity index (χ1) is 9.43. The number of methoxy groups -OCH3 is 1. The third kappa shape index (κ3) is 4.63. The lowest BCUT2D eigenvalue weighted by Gasteiger charge is -2.13. The Morgan fingerprint density at radius 2 is 2.15 bits per heavy atom. The van der Waals surface area contributed by atoms with Gasteiger partial charge < -0.3 is 15.2 Å². The van der Waals surface area contributed by atoms with Crippen LogP contribution in [0.15, 0.2) is 18.5 Å². The molecule has 7 nitrogen and oxygen atoms in total. The van der Waals surface area contributed by atoms with Crippen LogP contribution in [-0.2, 0) is 14.3 Å². The van der Waals surface area contributed by atoms with Crippen LogP contribution in [0.4, 0.5) is 4.39 Å². The molecule has 0 radical (unpaired) electrons. The van der Waals surface area contributed by atoms with Gasteiger partial charge >= 0.3 is 11.9 Å². The molecule has 1 amide bonds. The molecular weight excluding hydrogens is 271 g/mol. The summed E-state index contributed by atoms with van der Waals surface area (Å²) in [5.41, 5.74) is -0.102. The summed E-state index contributed by atoms with van der Waals surface area (Å²) < 4.78 is 17.3. The summed E-state index contributed by atoms with van der Waals surface area (Å²) in [5.74, 6) is -3.38. The molecule has 1 heterocycles. The quantitative estimate of drug-likeness (QED) is 0.730. The van der Waals surface area contributed by atoms with Crippen molar-refractivity contribution in [3.05, 3.63) is 29.8 Å². The number of nitrogens with zero attached hydrogens (tertiary/aromatic N) is 1. The van der Waals surface area contributed by atoms with Gasteiger partial charge in [0.25, 0.3) is 5.91 Å². The number of ether oxygens (including phenoxy) is 1. The van der Waals surface area contributed by atoms with E-state index in [0.717, 1.165) is 18.5 Å². The molecule has 20 heavy (non-hydrogen) atoms. The second-order valence-corrected chi connectivity index (χ2v) is 3.87. The molecule has 0 bridgehead atoms. The highest BCUT2D eigenvalue weighted by Crippen LogP contribution is 2.04. The highest BCUT2D eigenvalue weighted by molar-refractivity contribution is 5.96. The highest BCUT2D eigenvalue weighted by Gasteiger charge is 2.22. The fourth-order valence-electron chi connectivity index (χ4n) is 1.40. The number of carboxylic acids is 1. The number of aliphatic carboxylic acids is 1. The van der Waals surface area contributed by atoms with Gasteiger partial charge in [-0.05, 0) is 12.5 Å². The Bertz CT molecular complexity index is 520. The summed E-state index contributed by atoms with van der Waals surface area (Å²) in [4.78, 5) is 37.1. The Morgan fingerprint density at radius 3 is 2.70 bits per heavy atom. The average molecular weight is 284 g/mol. The maximum atomic E-state index is 12.9. The van der Waals surface area contributed by atoms with Gasteiger partial charge in [0.15, 0.2) is 0 Å². The highest BCUT2D eigenvalue weighted by atomic mass is 19.1. The number of hydrogen-bond acceptors (Lipinski definition) is 5. The van der Waals surface area contributed by atoms with E-state index in [1.54, 1.807) is 0 Å². The van der Waals surface area contributed by atoms with Gasteiger partial charge in [-0.25, -0.2) is 9.18 Å². The minimum absolute atomic E-state index is 0.102. The van der Waals surface area contributed by atoms with Crippen molar-refractivity contribution in [1.82, 2.24) is 10.3 Å². The van der Waals surface area contributed by atoms with Gasteiger partial charge in [-0.1, -0.05) is 0 Å². The molecule has 2 N–H and O–H groups in total. The minimum Gasteiger partial charge on any atom is -0.480 e. The fraction of sp³-hybridized carbons (Fsp3) is 0.333. The van der Waals surface area contributed by atoms with Crippen molar-refractivity contribution in [3.8, 4) is 0 Å². The van der Waals surface area contributed by atoms with Gasteiger partial charge in [0.1, 0.15) is 11.9 Å². The number of carboxylic acid groups (broad SMARTS) is 1. The molecule has 8 heteroatoms. The van der Waals surface area contributed by atoms with E-state index in [0.29, 0.717) is 0 Å². The summed E-state index contributed by atoms with van der Waals surface area (Å²) in [5, 5.41) is 11.1. The Hall–Kier alpha value is -2.51. The number of pyridine rings is 1. The van der Waals surface area contributed by atoms with Crippen molar-refractivity contribution in [2.45, 2.75) is 18.9 Å². The van der Waals surface area contributed by atoms with Crippen LogP contribution in [0.3, 0.4) is 0 Å². The summed E-state index contributed by atoms with van der Waals surface area (Å²) in [6, 6.07) is -0.341. The molecule has 0 aliphatic rings. The predicted molar refractivity (Wildman–Crippen MR) is 64.3 cm³/mol. The standard InChI is InChI=1S/C12H13FN2O5/c1-20-10(16)3-2-9(12(18)19)15-11(17)7-4-8(13)6-14-5-7/h4-6,9H,2-3H2,1H3,(H,15,17)(H,18,19). The molecule has 1 aromatic heterocycles. The molecule has 0 aromatic carbocycles. The minimum atomic E-state index is -1.30. The second kappa shape index (κ2) is 7.17. The molecule has 0 aliphatic heterocycles. The number of carbonyl (C=O) groups is 3. The van der Waals surface area contributed by atoms with Crippen molar-refractivity contribution in [1.29, 1.82) is 0 Å². The van der Waals surface area contributed by atoms with Gasteiger partial charge in [-0.2, -0.15) is 0 Å². The predicted octanol–water partition coefficient (Wildman–Crippen LogP) is 0.357. The number of nitrogens with one attached hydrogen (secondary N) is 1. The van der Waals surface area contributed by atoms with Gasteiger partial charge in [0.05, 0.1) is 18.9 Å². The molecule has 0 spiro atoms. The van der Waals surface area contributed by atoms with Gasteiger partial charge in [0, 0.05) is 12.6 Å². The van der Waals surface area contributed by atoms with Crippen molar-refractivity contribution >= 4 is 17.8 Å². The number of hydrogen-bond donors (Lipinski definition) is 2. The number of aromatic nitrogens is 1. The van der Waals surface area contributed by atoms with E-state index in [2.05, 4.69) is 15.0 Å². The first kappa shape index (κ1) is 15.5. The molecule has 1 unspecified atom stereocenters. The zero-order chi connectivity index (χ0) is 15.1. The van der Waals surface area contributed by atoms with Crippen LogP contribution in [0.2, 0.25) is 0 Å². The number of esters is 1. The van der Waals surface area contributed by atoms with Crippen LogP contribution in [-0.4, -0.2) is 41.1 Å². The lowest BCUT2D eigenvalue weighted by molar-refractivity contribution is -0.142. The molecule has 0 saturated heterocycles. The largest absolute Gasteiger partial charge is 0.480 e. The zero-order valence-electron chi connectivity index (χ0n) is 10.6. The summed E-state index contributed by atoms with van der Waals surface area (Å²) >= 11 is 0. The monoisotopic (exact) mass is 284 g/mol. The smallest absolute Gasteiger partial charge is 0.326 e. The van der Waals surface area contributed by atoms with Crippen molar-refractivity contribution in [3.63, 3.8) is 0 Å². The number of amides is 1. The molecule has 108 valence electrons. The van der Waals surface area contributed by atoms with E-state index in [4.69, 9.17) is 5.11 Å². The normalized spacial score (nSPS) is 11.5. The Morgan fingerprint density at radius 1 is 1.45 bits per heavy atom. The molecule has 0 saturated carbocycles. The Balaban J connectivity index is 2.68. The van der Waals surface area contributed by atoms with E-state index in [-0.39, 0.29) is 18.4 Å². The topological polar surface area (TPSA) is 106 Å². The molecule has 0 fully saturated rings. The first-order valence-corrected chi connectivity index (χ1v) is 5.65. The van der Waals surface area contributed by atoms with E-state index in [1.165, 1.54) is 7.11 Å². The maximum absolute atomic E-state index is 12.9. The SMILES string of the molecule is COC(=O)CCC(NC(=O)c1cncc(F)c1)C(=O)O. The number of carbonyl (C=O) groups excluding carboxylic acids is 2. The molecule has 1 rings (SSSR count). The van der Waals surface area contributed by atoms with Crippen molar-refractivity contribution < 1.29 is 28.6 Å². The first-order valence-electron chi connectivity index (χ1n) is 5.65. The molecule has 1 atom stereocenters. The van der Waals surface area contributed by atoms with Gasteiger partial charge in [-0.3, -0.25) is 14.6 Å². The van der Waals surface area contributed by atoms with E-state index in [1.807, 2.05) is 0 Å². The average Bonchev–Trinajstić information content (AvgIpc) is 2.42. The summed E-state index contributed by atoms with van der Waals surface area (Å²) in [6.45, 7) is 0. The number of halogens is 1. The van der Waals surface area contributed by atoms with Crippen LogP contribution in [0.25, 0.3) is 0 Å². The van der Waals surface area contributed by atoms with Crippen LogP contribution in [0, 0.1) is 5.82 Å². The lowest BCUT2D eigenvalue weighted by Crippen LogP contribution is -2.41. The summed E-state index contributed by atoms with van der Waals surface area (Å²) in [7, 11) is 1.18. The van der Waals surface area contributed by atoms with Crippen LogP contribution in [0.5, 0.6) is 0 Å². The van der Waals surface area contributed by atoms with Crippen molar-refractivity contribution in [2.24, 2.45) is 0 Å². The van der Waals surface area contributed by atoms with Gasteiger partial charge in [-0.15, -0.1) is 0 Å². The second-order valence-electron chi connectivity index (χ2n) is 3.87. The molecule has 1 aromatic rings. The lowest BCUT2D eigenvalue weighted by atomic mass is 10.1. The summed E-state index contributed by atoms with van der Waals surface area (Å²) in [6.07, 6.45) is 1.74. The van der Waals surface area contributed by atoms with Crippen LogP contribution < -0.4 is 5.32 Å². The van der Waals surface area contributed by atoms with Crippen LogP contribution >= 0.6 is 0 Å². The Labute approximate surface area is 113 Å². The van der Waals surface area contributed by atoms with Crippen LogP contribution in [0.1, 0.15) is 23.2 Å².